The van der Waals surface area contributed by atoms with Gasteiger partial charge < -0.3 is 24.5 Å². The molecule has 0 spiro atoms. The quantitative estimate of drug-likeness (QED) is 0.126. The molecule has 6 nitrogen and oxygen atoms in total. The summed E-state index contributed by atoms with van der Waals surface area (Å²) in [5, 5.41) is 10.1. The van der Waals surface area contributed by atoms with Crippen molar-refractivity contribution < 1.29 is 19.4 Å². The van der Waals surface area contributed by atoms with E-state index in [9.17, 15) is 9.90 Å². The number of aliphatic hydroxyl groups excluding tert-OH is 1. The summed E-state index contributed by atoms with van der Waals surface area (Å²) in [6.45, 7) is 0. The van der Waals surface area contributed by atoms with Gasteiger partial charge in [0.05, 0.1) is 7.11 Å². The SMILES string of the molecule is COC(=O)CCc1c(-c2cccc(-c3c[nH]c(-c4ccccc4)c3CCC(O)OC)c2)c[nH]c1-c1ccccc1. The van der Waals surface area contributed by atoms with Gasteiger partial charge >= 0.3 is 5.97 Å². The minimum atomic E-state index is -0.827. The second kappa shape index (κ2) is 12.6. The predicted molar refractivity (Wildman–Crippen MR) is 159 cm³/mol. The Balaban J connectivity index is 1.56. The molecular formula is C34H34N2O4. The van der Waals surface area contributed by atoms with E-state index in [0.29, 0.717) is 25.7 Å². The molecule has 0 radical (unpaired) electrons. The highest BCUT2D eigenvalue weighted by Gasteiger charge is 2.19. The molecule has 0 amide bonds. The number of H-pyrrole nitrogens is 2. The van der Waals surface area contributed by atoms with Crippen LogP contribution in [0, 0.1) is 0 Å². The van der Waals surface area contributed by atoms with Crippen molar-refractivity contribution in [3.63, 3.8) is 0 Å². The summed E-state index contributed by atoms with van der Waals surface area (Å²) in [4.78, 5) is 19.0. The van der Waals surface area contributed by atoms with Gasteiger partial charge in [0.15, 0.2) is 6.29 Å². The lowest BCUT2D eigenvalue weighted by Crippen LogP contribution is -2.10. The fourth-order valence-electron chi connectivity index (χ4n) is 5.23. The Morgan fingerprint density at radius 1 is 0.725 bits per heavy atom. The van der Waals surface area contributed by atoms with Crippen LogP contribution in [0.4, 0.5) is 0 Å². The molecule has 0 fully saturated rings. The van der Waals surface area contributed by atoms with E-state index in [-0.39, 0.29) is 5.97 Å². The standard InChI is InChI=1S/C34H34N2O4/c1-39-31(37)18-16-27-29(21-35-33(27)23-10-5-3-6-11-23)25-14-9-15-26(20-25)30-22-36-34(24-12-7-4-8-13-24)28(30)17-19-32(38)40-2/h3-15,20-22,31,35-37H,16-19H2,1-2H3. The van der Waals surface area contributed by atoms with E-state index in [1.807, 2.05) is 48.8 Å². The Morgan fingerprint density at radius 3 is 1.73 bits per heavy atom. The number of hydrogen-bond acceptors (Lipinski definition) is 4. The fraction of sp³-hybridized carbons (Fsp3) is 0.206. The van der Waals surface area contributed by atoms with Gasteiger partial charge in [0.2, 0.25) is 0 Å². The predicted octanol–water partition coefficient (Wildman–Crippen LogP) is 7.01. The first kappa shape index (κ1) is 27.2. The lowest BCUT2D eigenvalue weighted by molar-refractivity contribution is -0.140. The highest BCUT2D eigenvalue weighted by atomic mass is 16.6. The largest absolute Gasteiger partial charge is 0.469 e. The van der Waals surface area contributed by atoms with Gasteiger partial charge in [0, 0.05) is 54.9 Å². The highest BCUT2D eigenvalue weighted by Crippen LogP contribution is 2.38. The maximum atomic E-state index is 12.1. The zero-order valence-corrected chi connectivity index (χ0v) is 22.8. The summed E-state index contributed by atoms with van der Waals surface area (Å²) in [5.41, 5.74) is 10.7. The number of aliphatic hydroxyl groups is 1. The van der Waals surface area contributed by atoms with Crippen LogP contribution in [0.3, 0.4) is 0 Å². The van der Waals surface area contributed by atoms with Crippen molar-refractivity contribution in [2.75, 3.05) is 14.2 Å². The zero-order chi connectivity index (χ0) is 27.9. The highest BCUT2D eigenvalue weighted by molar-refractivity contribution is 5.83. The summed E-state index contributed by atoms with van der Waals surface area (Å²) < 4.78 is 10.1. The van der Waals surface area contributed by atoms with E-state index in [1.54, 1.807) is 0 Å². The summed E-state index contributed by atoms with van der Waals surface area (Å²) in [6.07, 6.45) is 5.22. The number of nitrogens with one attached hydrogen (secondary N) is 2. The number of rotatable bonds is 11. The van der Waals surface area contributed by atoms with Gasteiger partial charge in [-0.2, -0.15) is 0 Å². The number of esters is 1. The third-order valence-corrected chi connectivity index (χ3v) is 7.31. The van der Waals surface area contributed by atoms with Crippen molar-refractivity contribution in [1.29, 1.82) is 0 Å². The van der Waals surface area contributed by atoms with Gasteiger partial charge in [-0.15, -0.1) is 0 Å². The maximum absolute atomic E-state index is 12.1. The van der Waals surface area contributed by atoms with E-state index in [4.69, 9.17) is 9.47 Å². The Labute approximate surface area is 234 Å². The first-order valence-electron chi connectivity index (χ1n) is 13.5. The Bertz CT molecular complexity index is 1550. The number of carbonyl (C=O) groups is 1. The smallest absolute Gasteiger partial charge is 0.305 e. The summed E-state index contributed by atoms with van der Waals surface area (Å²) >= 11 is 0. The van der Waals surface area contributed by atoms with E-state index in [2.05, 4.69) is 58.5 Å². The maximum Gasteiger partial charge on any atom is 0.305 e. The molecule has 0 aliphatic rings. The second-order valence-electron chi connectivity index (χ2n) is 9.73. The van der Waals surface area contributed by atoms with Gasteiger partial charge in [-0.1, -0.05) is 78.9 Å². The van der Waals surface area contributed by atoms with Crippen LogP contribution >= 0.6 is 0 Å². The van der Waals surface area contributed by atoms with Crippen molar-refractivity contribution in [3.8, 4) is 44.8 Å². The van der Waals surface area contributed by atoms with Crippen LogP contribution in [0.1, 0.15) is 24.0 Å². The summed E-state index contributed by atoms with van der Waals surface area (Å²) in [7, 11) is 2.94. The molecule has 204 valence electrons. The molecule has 0 aliphatic heterocycles. The Hall–Kier alpha value is -4.39. The van der Waals surface area contributed by atoms with Crippen molar-refractivity contribution in [1.82, 2.24) is 9.97 Å². The monoisotopic (exact) mass is 534 g/mol. The molecule has 2 heterocycles. The molecule has 1 atom stereocenters. The molecule has 3 N–H and O–H groups in total. The van der Waals surface area contributed by atoms with Crippen LogP contribution < -0.4 is 0 Å². The molecule has 5 aromatic rings. The van der Waals surface area contributed by atoms with Crippen LogP contribution in [0.15, 0.2) is 97.3 Å². The van der Waals surface area contributed by atoms with E-state index < -0.39 is 6.29 Å². The molecule has 0 bridgehead atoms. The second-order valence-corrected chi connectivity index (χ2v) is 9.73. The van der Waals surface area contributed by atoms with Gasteiger partial charge in [0.25, 0.3) is 0 Å². The first-order chi connectivity index (χ1) is 19.6. The number of aromatic nitrogens is 2. The first-order valence-corrected chi connectivity index (χ1v) is 13.5. The summed E-state index contributed by atoms with van der Waals surface area (Å²) in [6, 6.07) is 28.8. The zero-order valence-electron chi connectivity index (χ0n) is 22.8. The Morgan fingerprint density at radius 2 is 1.23 bits per heavy atom. The van der Waals surface area contributed by atoms with Gasteiger partial charge in [0.1, 0.15) is 0 Å². The number of ether oxygens (including phenoxy) is 2. The average molecular weight is 535 g/mol. The molecule has 1 unspecified atom stereocenters. The van der Waals surface area contributed by atoms with Crippen LogP contribution in [0.5, 0.6) is 0 Å². The van der Waals surface area contributed by atoms with E-state index >= 15 is 0 Å². The van der Waals surface area contributed by atoms with Crippen LogP contribution in [-0.4, -0.2) is 41.6 Å². The lowest BCUT2D eigenvalue weighted by Gasteiger charge is -2.13. The topological polar surface area (TPSA) is 87.3 Å². The van der Waals surface area contributed by atoms with Gasteiger partial charge in [-0.3, -0.25) is 4.79 Å². The Kier molecular flexibility index (Phi) is 8.59. The number of aromatic amines is 2. The van der Waals surface area contributed by atoms with Gasteiger partial charge in [-0.25, -0.2) is 0 Å². The number of methoxy groups -OCH3 is 2. The van der Waals surface area contributed by atoms with E-state index in [0.717, 1.165) is 55.9 Å². The molecule has 0 saturated carbocycles. The number of carbonyl (C=O) groups excluding carboxylic acids is 1. The molecule has 2 aromatic heterocycles. The molecule has 40 heavy (non-hydrogen) atoms. The van der Waals surface area contributed by atoms with Crippen molar-refractivity contribution >= 4 is 5.97 Å². The third kappa shape index (κ3) is 5.93. The van der Waals surface area contributed by atoms with Crippen LogP contribution in [-0.2, 0) is 27.1 Å². The molecule has 5 rings (SSSR count). The van der Waals surface area contributed by atoms with Crippen molar-refractivity contribution in [3.05, 3.63) is 108 Å². The molecule has 6 heteroatoms. The van der Waals surface area contributed by atoms with E-state index in [1.165, 1.54) is 14.2 Å². The minimum Gasteiger partial charge on any atom is -0.469 e. The molecule has 3 aromatic carbocycles. The lowest BCUT2D eigenvalue weighted by atomic mass is 9.92. The van der Waals surface area contributed by atoms with Crippen LogP contribution in [0.2, 0.25) is 0 Å². The normalized spacial score (nSPS) is 11.9. The molecule has 0 aliphatic carbocycles. The third-order valence-electron chi connectivity index (χ3n) is 7.31. The van der Waals surface area contributed by atoms with Crippen molar-refractivity contribution in [2.45, 2.75) is 32.0 Å². The van der Waals surface area contributed by atoms with Crippen LogP contribution in [0.25, 0.3) is 44.8 Å². The van der Waals surface area contributed by atoms with Crippen molar-refractivity contribution in [2.24, 2.45) is 0 Å². The van der Waals surface area contributed by atoms with Gasteiger partial charge in [-0.05, 0) is 52.3 Å². The fourth-order valence-corrected chi connectivity index (χ4v) is 5.23. The number of benzene rings is 3. The average Bonchev–Trinajstić information content (AvgIpc) is 3.64. The molecule has 0 saturated heterocycles. The summed E-state index contributed by atoms with van der Waals surface area (Å²) in [5.74, 6) is -0.233. The molecular weight excluding hydrogens is 500 g/mol. The number of hydrogen-bond donors (Lipinski definition) is 3. The minimum absolute atomic E-state index is 0.233.